The number of anilines is 1. The summed E-state index contributed by atoms with van der Waals surface area (Å²) in [6.45, 7) is 5.93. The number of aryl methyl sites for hydroxylation is 2. The SMILES string of the molecule is Cc1cc(C)c2c(c1)C=C(CN)CCN2. The van der Waals surface area contributed by atoms with Gasteiger partial charge in [0.05, 0.1) is 0 Å². The molecule has 15 heavy (non-hydrogen) atoms. The Morgan fingerprint density at radius 1 is 1.33 bits per heavy atom. The molecular weight excluding hydrogens is 184 g/mol. The summed E-state index contributed by atoms with van der Waals surface area (Å²) in [7, 11) is 0. The third-order valence-corrected chi connectivity index (χ3v) is 2.88. The van der Waals surface area contributed by atoms with Crippen LogP contribution in [0.25, 0.3) is 6.08 Å². The molecule has 0 amide bonds. The number of nitrogens with one attached hydrogen (secondary N) is 1. The molecule has 1 aromatic rings. The highest BCUT2D eigenvalue weighted by Crippen LogP contribution is 2.27. The average molecular weight is 202 g/mol. The largest absolute Gasteiger partial charge is 0.384 e. The predicted octanol–water partition coefficient (Wildman–Crippen LogP) is 2.46. The zero-order valence-electron chi connectivity index (χ0n) is 9.43. The first-order valence-corrected chi connectivity index (χ1v) is 5.45. The quantitative estimate of drug-likeness (QED) is 0.734. The van der Waals surface area contributed by atoms with E-state index in [-0.39, 0.29) is 0 Å². The molecule has 2 nitrogen and oxygen atoms in total. The first-order valence-electron chi connectivity index (χ1n) is 5.45. The van der Waals surface area contributed by atoms with Crippen LogP contribution in [0.15, 0.2) is 17.7 Å². The maximum Gasteiger partial charge on any atom is 0.0443 e. The van der Waals surface area contributed by atoms with Crippen LogP contribution in [0.2, 0.25) is 0 Å². The minimum absolute atomic E-state index is 0.661. The van der Waals surface area contributed by atoms with Crippen molar-refractivity contribution < 1.29 is 0 Å². The van der Waals surface area contributed by atoms with Crippen molar-refractivity contribution in [1.29, 1.82) is 0 Å². The summed E-state index contributed by atoms with van der Waals surface area (Å²) in [5, 5.41) is 3.48. The molecule has 0 spiro atoms. The normalized spacial score (nSPS) is 15.0. The molecule has 0 unspecified atom stereocenters. The first kappa shape index (κ1) is 10.2. The van der Waals surface area contributed by atoms with Gasteiger partial charge in [0.15, 0.2) is 0 Å². The molecule has 1 aromatic carbocycles. The van der Waals surface area contributed by atoms with Crippen LogP contribution in [0.5, 0.6) is 0 Å². The fourth-order valence-corrected chi connectivity index (χ4v) is 2.16. The van der Waals surface area contributed by atoms with Gasteiger partial charge in [-0.3, -0.25) is 0 Å². The van der Waals surface area contributed by atoms with E-state index >= 15 is 0 Å². The summed E-state index contributed by atoms with van der Waals surface area (Å²) in [4.78, 5) is 0. The topological polar surface area (TPSA) is 38.0 Å². The Kier molecular flexibility index (Phi) is 2.78. The number of hydrogen-bond donors (Lipinski definition) is 2. The molecule has 0 fully saturated rings. The van der Waals surface area contributed by atoms with E-state index in [1.54, 1.807) is 0 Å². The van der Waals surface area contributed by atoms with E-state index in [4.69, 9.17) is 5.73 Å². The van der Waals surface area contributed by atoms with Crippen LogP contribution < -0.4 is 11.1 Å². The predicted molar refractivity (Wildman–Crippen MR) is 66.1 cm³/mol. The molecule has 3 N–H and O–H groups in total. The second-order valence-electron chi connectivity index (χ2n) is 4.23. The monoisotopic (exact) mass is 202 g/mol. The number of nitrogens with two attached hydrogens (primary N) is 1. The number of benzene rings is 1. The summed E-state index contributed by atoms with van der Waals surface area (Å²) in [6, 6.07) is 4.43. The smallest absolute Gasteiger partial charge is 0.0443 e. The highest BCUT2D eigenvalue weighted by atomic mass is 14.9. The average Bonchev–Trinajstić information content (AvgIpc) is 2.39. The van der Waals surface area contributed by atoms with E-state index in [2.05, 4.69) is 37.4 Å². The van der Waals surface area contributed by atoms with Crippen molar-refractivity contribution in [1.82, 2.24) is 0 Å². The van der Waals surface area contributed by atoms with Crippen LogP contribution in [-0.4, -0.2) is 13.1 Å². The summed E-state index contributed by atoms with van der Waals surface area (Å²) < 4.78 is 0. The van der Waals surface area contributed by atoms with Gasteiger partial charge in [0, 0.05) is 18.8 Å². The summed E-state index contributed by atoms with van der Waals surface area (Å²) in [5.41, 5.74) is 12.2. The van der Waals surface area contributed by atoms with E-state index in [1.807, 2.05) is 0 Å². The van der Waals surface area contributed by atoms with Crippen molar-refractivity contribution in [2.45, 2.75) is 20.3 Å². The van der Waals surface area contributed by atoms with Gasteiger partial charge in [0.25, 0.3) is 0 Å². The minimum atomic E-state index is 0.661. The molecule has 0 saturated carbocycles. The minimum Gasteiger partial charge on any atom is -0.384 e. The molecule has 2 rings (SSSR count). The maximum atomic E-state index is 5.71. The fourth-order valence-electron chi connectivity index (χ4n) is 2.16. The fraction of sp³-hybridized carbons (Fsp3) is 0.385. The van der Waals surface area contributed by atoms with E-state index < -0.39 is 0 Å². The number of hydrogen-bond acceptors (Lipinski definition) is 2. The number of fused-ring (bicyclic) bond motifs is 1. The van der Waals surface area contributed by atoms with E-state index in [0.717, 1.165) is 13.0 Å². The Morgan fingerprint density at radius 2 is 2.13 bits per heavy atom. The van der Waals surface area contributed by atoms with Crippen LogP contribution in [0, 0.1) is 13.8 Å². The van der Waals surface area contributed by atoms with Gasteiger partial charge in [0.2, 0.25) is 0 Å². The van der Waals surface area contributed by atoms with Crippen molar-refractivity contribution in [3.8, 4) is 0 Å². The van der Waals surface area contributed by atoms with Crippen molar-refractivity contribution in [2.75, 3.05) is 18.4 Å². The van der Waals surface area contributed by atoms with Gasteiger partial charge in [0.1, 0.15) is 0 Å². The first-order chi connectivity index (χ1) is 7.20. The Hall–Kier alpha value is -1.28. The summed E-state index contributed by atoms with van der Waals surface area (Å²) in [6.07, 6.45) is 3.28. The molecule has 0 saturated heterocycles. The van der Waals surface area contributed by atoms with Crippen molar-refractivity contribution >= 4 is 11.8 Å². The van der Waals surface area contributed by atoms with Gasteiger partial charge in [-0.15, -0.1) is 0 Å². The van der Waals surface area contributed by atoms with Gasteiger partial charge in [-0.2, -0.15) is 0 Å². The zero-order valence-corrected chi connectivity index (χ0v) is 9.43. The summed E-state index contributed by atoms with van der Waals surface area (Å²) >= 11 is 0. The molecule has 1 aliphatic rings. The molecule has 0 atom stereocenters. The van der Waals surface area contributed by atoms with Crippen LogP contribution in [0.3, 0.4) is 0 Å². The Bertz CT molecular complexity index is 405. The molecule has 2 heteroatoms. The van der Waals surface area contributed by atoms with E-state index in [9.17, 15) is 0 Å². The lowest BCUT2D eigenvalue weighted by Gasteiger charge is -2.11. The maximum absolute atomic E-state index is 5.71. The Labute approximate surface area is 91.2 Å². The molecular formula is C13H18N2. The van der Waals surface area contributed by atoms with Crippen LogP contribution in [0.4, 0.5) is 5.69 Å². The van der Waals surface area contributed by atoms with Crippen LogP contribution >= 0.6 is 0 Å². The van der Waals surface area contributed by atoms with E-state index in [0.29, 0.717) is 6.54 Å². The summed E-state index contributed by atoms with van der Waals surface area (Å²) in [5.74, 6) is 0. The number of rotatable bonds is 1. The van der Waals surface area contributed by atoms with Crippen LogP contribution in [-0.2, 0) is 0 Å². The lowest BCUT2D eigenvalue weighted by molar-refractivity contribution is 0.962. The molecule has 1 aliphatic heterocycles. The molecule has 0 aromatic heterocycles. The van der Waals surface area contributed by atoms with Crippen molar-refractivity contribution in [2.24, 2.45) is 5.73 Å². The standard InChI is InChI=1S/C13H18N2/c1-9-5-10(2)13-12(6-9)7-11(8-14)3-4-15-13/h5-7,15H,3-4,8,14H2,1-2H3. The highest BCUT2D eigenvalue weighted by Gasteiger charge is 2.09. The third-order valence-electron chi connectivity index (χ3n) is 2.88. The van der Waals surface area contributed by atoms with Crippen LogP contribution in [0.1, 0.15) is 23.1 Å². The van der Waals surface area contributed by atoms with Gasteiger partial charge >= 0.3 is 0 Å². The molecule has 0 radical (unpaired) electrons. The Morgan fingerprint density at radius 3 is 2.87 bits per heavy atom. The van der Waals surface area contributed by atoms with Crippen molar-refractivity contribution in [3.05, 3.63) is 34.4 Å². The second-order valence-corrected chi connectivity index (χ2v) is 4.23. The molecule has 0 bridgehead atoms. The zero-order chi connectivity index (χ0) is 10.8. The van der Waals surface area contributed by atoms with E-state index in [1.165, 1.54) is 28.0 Å². The second kappa shape index (κ2) is 4.07. The highest BCUT2D eigenvalue weighted by molar-refractivity contribution is 5.73. The molecule has 0 aliphatic carbocycles. The van der Waals surface area contributed by atoms with Gasteiger partial charge < -0.3 is 11.1 Å². The lowest BCUT2D eigenvalue weighted by atomic mass is 10.0. The molecule has 1 heterocycles. The van der Waals surface area contributed by atoms with Gasteiger partial charge in [-0.1, -0.05) is 23.3 Å². The lowest BCUT2D eigenvalue weighted by Crippen LogP contribution is -2.07. The van der Waals surface area contributed by atoms with Gasteiger partial charge in [-0.25, -0.2) is 0 Å². The Balaban J connectivity index is 2.53. The third kappa shape index (κ3) is 2.05. The molecule has 80 valence electrons. The van der Waals surface area contributed by atoms with Crippen molar-refractivity contribution in [3.63, 3.8) is 0 Å². The van der Waals surface area contributed by atoms with Gasteiger partial charge in [-0.05, 0) is 37.5 Å².